The number of thiophene rings is 2. The first-order chi connectivity index (χ1) is 7.95. The van der Waals surface area contributed by atoms with Gasteiger partial charge in [-0.15, -0.1) is 22.7 Å². The van der Waals surface area contributed by atoms with Crippen molar-refractivity contribution in [3.8, 4) is 21.7 Å². The summed E-state index contributed by atoms with van der Waals surface area (Å²) in [4.78, 5) is 5.65. The summed E-state index contributed by atoms with van der Waals surface area (Å²) in [5, 5.41) is 7.52. The maximum absolute atomic E-state index is 4.37. The molecule has 0 aliphatic rings. The van der Waals surface area contributed by atoms with Crippen LogP contribution >= 0.6 is 22.7 Å². The van der Waals surface area contributed by atoms with E-state index in [0.29, 0.717) is 0 Å². The van der Waals surface area contributed by atoms with Gasteiger partial charge in [-0.3, -0.25) is 4.98 Å². The number of hydrogen-bond acceptors (Lipinski definition) is 3. The highest BCUT2D eigenvalue weighted by Crippen LogP contribution is 2.35. The Morgan fingerprint density at radius 1 is 1.12 bits per heavy atom. The third-order valence-corrected chi connectivity index (χ3v) is 3.89. The molecule has 16 heavy (non-hydrogen) atoms. The van der Waals surface area contributed by atoms with Gasteiger partial charge in [0.2, 0.25) is 0 Å². The van der Waals surface area contributed by atoms with Crippen molar-refractivity contribution in [1.82, 2.24) is 4.98 Å². The minimum atomic E-state index is 0.993. The molecule has 0 saturated carbocycles. The summed E-state index contributed by atoms with van der Waals surface area (Å²) >= 11 is 3.35. The van der Waals surface area contributed by atoms with Gasteiger partial charge in [0.15, 0.2) is 0 Å². The fraction of sp³-hybridized carbons (Fsp3) is 0. The lowest BCUT2D eigenvalue weighted by molar-refractivity contribution is 1.33. The number of nitrogens with zero attached hydrogens (tertiary/aromatic N) is 1. The normalized spacial score (nSPS) is 10.5. The molecular formula is C13H8NS2. The second kappa shape index (κ2) is 4.20. The standard InChI is InChI=1S/C13H8NS2/c1-2-6-14-12(4-1)10-8-15-9-11(10)13-5-3-7-16-13/h1-7,9H. The van der Waals surface area contributed by atoms with Gasteiger partial charge in [0, 0.05) is 27.6 Å². The Morgan fingerprint density at radius 3 is 2.88 bits per heavy atom. The van der Waals surface area contributed by atoms with Gasteiger partial charge in [-0.05, 0) is 23.6 Å². The Morgan fingerprint density at radius 2 is 2.12 bits per heavy atom. The molecule has 0 bridgehead atoms. The highest BCUT2D eigenvalue weighted by Gasteiger charge is 2.10. The monoisotopic (exact) mass is 242 g/mol. The van der Waals surface area contributed by atoms with Crippen LogP contribution in [0.5, 0.6) is 0 Å². The average Bonchev–Trinajstić information content (AvgIpc) is 3.01. The summed E-state index contributed by atoms with van der Waals surface area (Å²) in [5.41, 5.74) is 3.33. The Hall–Kier alpha value is -1.45. The lowest BCUT2D eigenvalue weighted by Crippen LogP contribution is -1.81. The molecule has 3 rings (SSSR count). The molecule has 3 heterocycles. The van der Waals surface area contributed by atoms with E-state index < -0.39 is 0 Å². The summed E-state index contributed by atoms with van der Waals surface area (Å²) in [7, 11) is 0. The van der Waals surface area contributed by atoms with E-state index >= 15 is 0 Å². The Kier molecular flexibility index (Phi) is 2.56. The van der Waals surface area contributed by atoms with Crippen LogP contribution in [0.3, 0.4) is 0 Å². The van der Waals surface area contributed by atoms with Crippen molar-refractivity contribution in [3.05, 3.63) is 52.7 Å². The number of pyridine rings is 1. The molecule has 0 unspecified atom stereocenters. The van der Waals surface area contributed by atoms with E-state index in [1.165, 1.54) is 10.4 Å². The molecular weight excluding hydrogens is 234 g/mol. The fourth-order valence-corrected chi connectivity index (χ4v) is 3.15. The van der Waals surface area contributed by atoms with Crippen LogP contribution in [0.15, 0.2) is 47.3 Å². The van der Waals surface area contributed by atoms with Crippen LogP contribution in [0.25, 0.3) is 21.7 Å². The first-order valence-corrected chi connectivity index (χ1v) is 6.65. The second-order valence-electron chi connectivity index (χ2n) is 3.32. The fourth-order valence-electron chi connectivity index (χ4n) is 1.58. The van der Waals surface area contributed by atoms with Crippen molar-refractivity contribution in [2.45, 2.75) is 0 Å². The zero-order chi connectivity index (χ0) is 10.8. The van der Waals surface area contributed by atoms with Gasteiger partial charge in [-0.25, -0.2) is 0 Å². The van der Waals surface area contributed by atoms with Crippen LogP contribution in [0.2, 0.25) is 0 Å². The van der Waals surface area contributed by atoms with Crippen molar-refractivity contribution in [1.29, 1.82) is 0 Å². The minimum absolute atomic E-state index is 0.993. The van der Waals surface area contributed by atoms with Gasteiger partial charge < -0.3 is 0 Å². The van der Waals surface area contributed by atoms with E-state index in [1.54, 1.807) is 22.7 Å². The zero-order valence-corrected chi connectivity index (χ0v) is 10.0. The molecule has 1 nitrogen and oxygen atoms in total. The van der Waals surface area contributed by atoms with Crippen LogP contribution in [-0.4, -0.2) is 4.98 Å². The molecule has 77 valence electrons. The number of aromatic nitrogens is 1. The third kappa shape index (κ3) is 1.68. The quantitative estimate of drug-likeness (QED) is 0.651. The summed E-state index contributed by atoms with van der Waals surface area (Å²) in [6.45, 7) is 0. The smallest absolute Gasteiger partial charge is 0.0723 e. The highest BCUT2D eigenvalue weighted by atomic mass is 32.1. The molecule has 0 atom stereocenters. The van der Waals surface area contributed by atoms with Gasteiger partial charge in [-0.1, -0.05) is 12.1 Å². The molecule has 0 saturated heterocycles. The third-order valence-electron chi connectivity index (χ3n) is 2.31. The van der Waals surface area contributed by atoms with Crippen LogP contribution in [0.4, 0.5) is 0 Å². The van der Waals surface area contributed by atoms with Crippen LogP contribution in [0.1, 0.15) is 0 Å². The Bertz CT molecular complexity index is 567. The van der Waals surface area contributed by atoms with Gasteiger partial charge in [-0.2, -0.15) is 0 Å². The zero-order valence-electron chi connectivity index (χ0n) is 8.38. The topological polar surface area (TPSA) is 12.9 Å². The summed E-state index contributed by atoms with van der Waals surface area (Å²) in [6, 6.07) is 10.2. The molecule has 1 radical (unpaired) electrons. The van der Waals surface area contributed by atoms with Crippen molar-refractivity contribution >= 4 is 22.7 Å². The molecule has 0 aliphatic carbocycles. The van der Waals surface area contributed by atoms with Gasteiger partial charge in [0.25, 0.3) is 0 Å². The van der Waals surface area contributed by atoms with E-state index in [0.717, 1.165) is 11.3 Å². The predicted octanol–water partition coefficient (Wildman–Crippen LogP) is 4.34. The number of hydrogen-bond donors (Lipinski definition) is 0. The summed E-state index contributed by atoms with van der Waals surface area (Å²) in [5.74, 6) is 0. The summed E-state index contributed by atoms with van der Waals surface area (Å²) < 4.78 is 0. The van der Waals surface area contributed by atoms with Crippen molar-refractivity contribution in [2.75, 3.05) is 0 Å². The molecule has 0 aromatic carbocycles. The largest absolute Gasteiger partial charge is 0.256 e. The average molecular weight is 242 g/mol. The summed E-state index contributed by atoms with van der Waals surface area (Å²) in [6.07, 6.45) is 1.82. The van der Waals surface area contributed by atoms with Gasteiger partial charge in [0.1, 0.15) is 0 Å². The van der Waals surface area contributed by atoms with Crippen LogP contribution in [0, 0.1) is 5.38 Å². The predicted molar refractivity (Wildman–Crippen MR) is 69.7 cm³/mol. The highest BCUT2D eigenvalue weighted by molar-refractivity contribution is 7.14. The molecule has 0 N–H and O–H groups in total. The molecule has 0 aliphatic heterocycles. The van der Waals surface area contributed by atoms with E-state index in [1.807, 2.05) is 24.4 Å². The van der Waals surface area contributed by atoms with Crippen molar-refractivity contribution in [2.24, 2.45) is 0 Å². The molecule has 3 aromatic rings. The molecule has 0 fully saturated rings. The first-order valence-electron chi connectivity index (χ1n) is 4.89. The molecule has 0 amide bonds. The SMILES string of the molecule is [c]1scc(-c2cccs2)c1-c1ccccn1. The molecule has 3 heteroatoms. The lowest BCUT2D eigenvalue weighted by Gasteiger charge is -2.00. The van der Waals surface area contributed by atoms with Gasteiger partial charge in [0.05, 0.1) is 11.1 Å². The van der Waals surface area contributed by atoms with Crippen LogP contribution in [-0.2, 0) is 0 Å². The minimum Gasteiger partial charge on any atom is -0.256 e. The molecule has 0 spiro atoms. The van der Waals surface area contributed by atoms with Crippen LogP contribution < -0.4 is 0 Å². The number of rotatable bonds is 2. The second-order valence-corrected chi connectivity index (χ2v) is 4.94. The van der Waals surface area contributed by atoms with E-state index in [4.69, 9.17) is 0 Å². The lowest BCUT2D eigenvalue weighted by atomic mass is 10.1. The van der Waals surface area contributed by atoms with E-state index in [-0.39, 0.29) is 0 Å². The Balaban J connectivity index is 2.14. The van der Waals surface area contributed by atoms with E-state index in [9.17, 15) is 0 Å². The Labute approximate surface area is 102 Å². The maximum atomic E-state index is 4.37. The maximum Gasteiger partial charge on any atom is 0.0723 e. The van der Waals surface area contributed by atoms with Gasteiger partial charge >= 0.3 is 0 Å². The van der Waals surface area contributed by atoms with Crippen molar-refractivity contribution < 1.29 is 0 Å². The first kappa shape index (κ1) is 9.75. The molecule has 3 aromatic heterocycles. The van der Waals surface area contributed by atoms with E-state index in [2.05, 4.69) is 33.3 Å². The van der Waals surface area contributed by atoms with Crippen molar-refractivity contribution in [3.63, 3.8) is 0 Å².